The van der Waals surface area contributed by atoms with Crippen molar-refractivity contribution in [1.82, 2.24) is 4.90 Å². The Morgan fingerprint density at radius 1 is 1.50 bits per heavy atom. The van der Waals surface area contributed by atoms with E-state index < -0.39 is 0 Å². The van der Waals surface area contributed by atoms with E-state index in [1.807, 2.05) is 0 Å². The second-order valence-corrected chi connectivity index (χ2v) is 2.12. The Labute approximate surface area is 55.2 Å². The fraction of sp³-hybridized carbons (Fsp3) is 0.800. The van der Waals surface area contributed by atoms with Gasteiger partial charge in [-0.3, -0.25) is 4.79 Å². The number of carbonyl (C=O) groups is 1. The van der Waals surface area contributed by atoms with Crippen molar-refractivity contribution in [1.29, 1.82) is 0 Å². The highest BCUT2D eigenvalue weighted by atomic mass is 32.2. The summed E-state index contributed by atoms with van der Waals surface area (Å²) >= 11 is 1.22. The molecular weight excluding hydrogens is 122 g/mol. The first kappa shape index (κ1) is 10.7. The molecule has 0 saturated heterocycles. The Morgan fingerprint density at radius 2 is 1.88 bits per heavy atom. The largest absolute Gasteiger partial charge is 0.340 e. The summed E-state index contributed by atoms with van der Waals surface area (Å²) in [6.45, 7) is 0. The molecule has 0 spiro atoms. The highest BCUT2D eigenvalue weighted by Crippen LogP contribution is 1.97. The van der Waals surface area contributed by atoms with Crippen LogP contribution in [-0.4, -0.2) is 30.5 Å². The lowest BCUT2D eigenvalue weighted by Crippen LogP contribution is -2.15. The van der Waals surface area contributed by atoms with E-state index in [0.717, 1.165) is 0 Å². The first-order valence-corrected chi connectivity index (χ1v) is 3.16. The zero-order valence-corrected chi connectivity index (χ0v) is 5.58. The molecule has 0 bridgehead atoms. The highest BCUT2D eigenvalue weighted by Gasteiger charge is 1.96. The number of rotatable bonds is 0. The second-order valence-electron chi connectivity index (χ2n) is 1.36. The molecule has 0 aromatic heterocycles. The lowest BCUT2D eigenvalue weighted by atomic mass is 11.0. The number of nitrogens with zero attached hydrogens (tertiary/aromatic N) is 1. The maximum absolute atomic E-state index is 10.4. The van der Waals surface area contributed by atoms with Crippen LogP contribution in [0.1, 0.15) is 7.43 Å². The van der Waals surface area contributed by atoms with Crippen LogP contribution < -0.4 is 0 Å². The molecule has 50 valence electrons. The molecule has 0 aliphatic heterocycles. The Morgan fingerprint density at radius 3 is 1.88 bits per heavy atom. The van der Waals surface area contributed by atoms with Crippen LogP contribution in [0.15, 0.2) is 0 Å². The minimum atomic E-state index is 0. The zero-order chi connectivity index (χ0) is 5.86. The maximum Gasteiger partial charge on any atom is 0.280 e. The molecule has 0 aromatic rings. The lowest BCUT2D eigenvalue weighted by Gasteiger charge is -2.04. The van der Waals surface area contributed by atoms with Crippen LogP contribution in [0.3, 0.4) is 0 Å². The van der Waals surface area contributed by atoms with Gasteiger partial charge in [0, 0.05) is 14.1 Å². The fourth-order valence-electron chi connectivity index (χ4n) is 0.183. The van der Waals surface area contributed by atoms with Crippen LogP contribution in [0.2, 0.25) is 0 Å². The Hall–Kier alpha value is -0.180. The van der Waals surface area contributed by atoms with E-state index in [-0.39, 0.29) is 12.7 Å². The molecule has 1 amide bonds. The quantitative estimate of drug-likeness (QED) is 0.503. The Kier molecular flexibility index (Phi) is 6.67. The third kappa shape index (κ3) is 3.99. The standard InChI is InChI=1S/C4H9NOS.CH4/c1-5(2)4(6)7-3;/h1-3H3;1H4. The minimum absolute atomic E-state index is 0. The van der Waals surface area contributed by atoms with Crippen molar-refractivity contribution in [3.8, 4) is 0 Å². The van der Waals surface area contributed by atoms with Crippen LogP contribution in [0.25, 0.3) is 0 Å². The number of amides is 1. The average Bonchev–Trinajstić information content (AvgIpc) is 1.65. The van der Waals surface area contributed by atoms with Crippen molar-refractivity contribution in [3.63, 3.8) is 0 Å². The highest BCUT2D eigenvalue weighted by molar-refractivity contribution is 8.12. The Balaban J connectivity index is 0. The fourth-order valence-corrected chi connectivity index (χ4v) is 0.548. The molecule has 8 heavy (non-hydrogen) atoms. The SMILES string of the molecule is C.CSC(=O)N(C)C. The summed E-state index contributed by atoms with van der Waals surface area (Å²) in [7, 11) is 3.47. The van der Waals surface area contributed by atoms with Gasteiger partial charge in [0.25, 0.3) is 5.24 Å². The Bertz CT molecular complexity index is 72.8. The van der Waals surface area contributed by atoms with Crippen molar-refractivity contribution in [2.24, 2.45) is 0 Å². The van der Waals surface area contributed by atoms with Gasteiger partial charge in [0.2, 0.25) is 0 Å². The smallest absolute Gasteiger partial charge is 0.280 e. The van der Waals surface area contributed by atoms with E-state index in [9.17, 15) is 4.79 Å². The van der Waals surface area contributed by atoms with E-state index in [2.05, 4.69) is 0 Å². The number of thioether (sulfide) groups is 1. The summed E-state index contributed by atoms with van der Waals surface area (Å²) in [5.41, 5.74) is 0. The molecule has 0 N–H and O–H groups in total. The van der Waals surface area contributed by atoms with Gasteiger partial charge in [0.1, 0.15) is 0 Å². The van der Waals surface area contributed by atoms with E-state index in [1.165, 1.54) is 11.8 Å². The van der Waals surface area contributed by atoms with Gasteiger partial charge in [0.15, 0.2) is 0 Å². The van der Waals surface area contributed by atoms with Crippen molar-refractivity contribution in [2.75, 3.05) is 20.4 Å². The van der Waals surface area contributed by atoms with Crippen LogP contribution in [0.4, 0.5) is 4.79 Å². The monoisotopic (exact) mass is 135 g/mol. The van der Waals surface area contributed by atoms with Gasteiger partial charge in [-0.2, -0.15) is 0 Å². The minimum Gasteiger partial charge on any atom is -0.340 e. The van der Waals surface area contributed by atoms with Crippen molar-refractivity contribution in [3.05, 3.63) is 0 Å². The maximum atomic E-state index is 10.4. The molecule has 0 saturated carbocycles. The zero-order valence-electron chi connectivity index (χ0n) is 4.76. The van der Waals surface area contributed by atoms with Crippen molar-refractivity contribution < 1.29 is 4.79 Å². The van der Waals surface area contributed by atoms with Gasteiger partial charge >= 0.3 is 0 Å². The van der Waals surface area contributed by atoms with Crippen molar-refractivity contribution >= 4 is 17.0 Å². The second kappa shape index (κ2) is 4.97. The molecule has 0 rings (SSSR count). The van der Waals surface area contributed by atoms with Gasteiger partial charge in [-0.15, -0.1) is 0 Å². The van der Waals surface area contributed by atoms with Gasteiger partial charge in [-0.1, -0.05) is 19.2 Å². The first-order valence-electron chi connectivity index (χ1n) is 1.93. The molecule has 0 aliphatic carbocycles. The molecule has 2 nitrogen and oxygen atoms in total. The topological polar surface area (TPSA) is 20.3 Å². The summed E-state index contributed by atoms with van der Waals surface area (Å²) in [5.74, 6) is 0. The number of carbonyl (C=O) groups excluding carboxylic acids is 1. The van der Waals surface area contributed by atoms with Gasteiger partial charge in [-0.05, 0) is 6.26 Å². The van der Waals surface area contributed by atoms with Crippen molar-refractivity contribution in [2.45, 2.75) is 7.43 Å². The van der Waals surface area contributed by atoms with Crippen LogP contribution in [-0.2, 0) is 0 Å². The number of hydrogen-bond acceptors (Lipinski definition) is 2. The van der Waals surface area contributed by atoms with E-state index in [1.54, 1.807) is 25.3 Å². The molecule has 0 aliphatic rings. The summed E-state index contributed by atoms with van der Waals surface area (Å²) < 4.78 is 0. The molecule has 0 aromatic carbocycles. The average molecular weight is 135 g/mol. The molecule has 0 heterocycles. The first-order chi connectivity index (χ1) is 3.18. The summed E-state index contributed by atoms with van der Waals surface area (Å²) in [4.78, 5) is 11.9. The lowest BCUT2D eigenvalue weighted by molar-refractivity contribution is 0.241. The van der Waals surface area contributed by atoms with Gasteiger partial charge < -0.3 is 4.90 Å². The molecular formula is C5H13NOS. The normalized spacial score (nSPS) is 7.38. The van der Waals surface area contributed by atoms with Gasteiger partial charge in [-0.25, -0.2) is 0 Å². The molecule has 0 unspecified atom stereocenters. The predicted molar refractivity (Wildman–Crippen MR) is 39.3 cm³/mol. The van der Waals surface area contributed by atoms with Crippen LogP contribution in [0.5, 0.6) is 0 Å². The van der Waals surface area contributed by atoms with E-state index in [4.69, 9.17) is 0 Å². The van der Waals surface area contributed by atoms with Crippen LogP contribution >= 0.6 is 11.8 Å². The predicted octanol–water partition coefficient (Wildman–Crippen LogP) is 1.67. The summed E-state index contributed by atoms with van der Waals surface area (Å²) in [6, 6.07) is 0. The third-order valence-corrected chi connectivity index (χ3v) is 1.25. The summed E-state index contributed by atoms with van der Waals surface area (Å²) in [6.07, 6.45) is 1.77. The van der Waals surface area contributed by atoms with E-state index >= 15 is 0 Å². The molecule has 0 radical (unpaired) electrons. The number of hydrogen-bond donors (Lipinski definition) is 0. The van der Waals surface area contributed by atoms with Crippen LogP contribution in [0, 0.1) is 0 Å². The molecule has 3 heteroatoms. The van der Waals surface area contributed by atoms with E-state index in [0.29, 0.717) is 0 Å². The molecule has 0 atom stereocenters. The summed E-state index contributed by atoms with van der Waals surface area (Å²) in [5, 5.41) is 0.0972. The molecule has 0 fully saturated rings. The van der Waals surface area contributed by atoms with Gasteiger partial charge in [0.05, 0.1) is 0 Å². The third-order valence-electron chi connectivity index (χ3n) is 0.540.